The van der Waals surface area contributed by atoms with Crippen LogP contribution in [0.4, 0.5) is 0 Å². The smallest absolute Gasteiger partial charge is 0.240 e. The first-order valence-electron chi connectivity index (χ1n) is 8.91. The molecule has 4 nitrogen and oxygen atoms in total. The van der Waals surface area contributed by atoms with Gasteiger partial charge in [0.05, 0.1) is 5.52 Å². The first-order chi connectivity index (χ1) is 11.8. The van der Waals surface area contributed by atoms with E-state index in [2.05, 4.69) is 28.5 Å². The van der Waals surface area contributed by atoms with E-state index in [1.807, 2.05) is 22.8 Å². The Labute approximate surface area is 141 Å². The minimum Gasteiger partial charge on any atom is -0.354 e. The lowest BCUT2D eigenvalue weighted by Crippen LogP contribution is -2.32. The molecule has 3 aromatic rings. The average Bonchev–Trinajstić information content (AvgIpc) is 2.95. The number of benzene rings is 1. The molecule has 0 saturated heterocycles. The van der Waals surface area contributed by atoms with Crippen LogP contribution in [0.5, 0.6) is 0 Å². The van der Waals surface area contributed by atoms with Crippen molar-refractivity contribution in [3.63, 3.8) is 0 Å². The van der Waals surface area contributed by atoms with E-state index in [9.17, 15) is 4.79 Å². The predicted octanol–water partition coefficient (Wildman–Crippen LogP) is 3.89. The van der Waals surface area contributed by atoms with Crippen LogP contribution >= 0.6 is 0 Å². The molecular weight excluding hydrogens is 298 g/mol. The molecule has 124 valence electrons. The molecule has 4 heteroatoms. The third-order valence-corrected chi connectivity index (χ3v) is 5.14. The second kappa shape index (κ2) is 6.63. The van der Waals surface area contributed by atoms with Gasteiger partial charge in [0, 0.05) is 23.5 Å². The maximum absolute atomic E-state index is 12.5. The lowest BCUT2D eigenvalue weighted by molar-refractivity contribution is -0.121. The van der Waals surface area contributed by atoms with Gasteiger partial charge in [0.15, 0.2) is 0 Å². The number of hydrogen-bond acceptors (Lipinski definition) is 2. The largest absolute Gasteiger partial charge is 0.354 e. The number of nitrogens with one attached hydrogen (secondary N) is 1. The van der Waals surface area contributed by atoms with E-state index in [1.165, 1.54) is 32.1 Å². The van der Waals surface area contributed by atoms with Gasteiger partial charge < -0.3 is 9.88 Å². The summed E-state index contributed by atoms with van der Waals surface area (Å²) in [4.78, 5) is 17.0. The molecule has 4 rings (SSSR count). The van der Waals surface area contributed by atoms with Crippen molar-refractivity contribution in [3.05, 3.63) is 42.6 Å². The van der Waals surface area contributed by atoms with E-state index < -0.39 is 0 Å². The number of rotatable bonds is 4. The Bertz CT molecular complexity index is 808. The van der Waals surface area contributed by atoms with Crippen LogP contribution in [-0.4, -0.2) is 22.0 Å². The second-order valence-corrected chi connectivity index (χ2v) is 6.79. The van der Waals surface area contributed by atoms with Gasteiger partial charge in [0.2, 0.25) is 5.91 Å². The molecule has 1 fully saturated rings. The van der Waals surface area contributed by atoms with E-state index in [4.69, 9.17) is 0 Å². The van der Waals surface area contributed by atoms with Crippen LogP contribution < -0.4 is 5.32 Å². The van der Waals surface area contributed by atoms with Crippen molar-refractivity contribution < 1.29 is 4.79 Å². The number of amides is 1. The molecule has 1 aromatic carbocycles. The summed E-state index contributed by atoms with van der Waals surface area (Å²) < 4.78 is 2.03. The van der Waals surface area contributed by atoms with Crippen molar-refractivity contribution in [2.45, 2.75) is 38.6 Å². The highest BCUT2D eigenvalue weighted by Gasteiger charge is 2.16. The van der Waals surface area contributed by atoms with Crippen molar-refractivity contribution >= 4 is 27.8 Å². The van der Waals surface area contributed by atoms with Gasteiger partial charge in [-0.25, -0.2) is 4.98 Å². The van der Waals surface area contributed by atoms with E-state index in [0.29, 0.717) is 12.5 Å². The normalized spacial score (nSPS) is 15.8. The van der Waals surface area contributed by atoms with Gasteiger partial charge in [-0.1, -0.05) is 37.5 Å². The fourth-order valence-electron chi connectivity index (χ4n) is 3.88. The number of pyridine rings is 1. The Balaban J connectivity index is 1.55. The van der Waals surface area contributed by atoms with Gasteiger partial charge in [-0.3, -0.25) is 4.79 Å². The number of para-hydroxylation sites is 1. The number of nitrogens with zero attached hydrogens (tertiary/aromatic N) is 2. The maximum atomic E-state index is 12.5. The van der Waals surface area contributed by atoms with Gasteiger partial charge in [-0.15, -0.1) is 0 Å². The first kappa shape index (κ1) is 15.2. The van der Waals surface area contributed by atoms with Crippen LogP contribution in [0.1, 0.15) is 32.1 Å². The zero-order valence-corrected chi connectivity index (χ0v) is 13.9. The third-order valence-electron chi connectivity index (χ3n) is 5.14. The SMILES string of the molecule is O=C(Cn1c2ccccc2c2cccnc21)NCC1CCCCC1. The van der Waals surface area contributed by atoms with Crippen LogP contribution in [0.15, 0.2) is 42.6 Å². The van der Waals surface area contributed by atoms with Gasteiger partial charge in [-0.05, 0) is 37.0 Å². The summed E-state index contributed by atoms with van der Waals surface area (Å²) in [7, 11) is 0. The standard InChI is InChI=1S/C20H23N3O/c24-19(22-13-15-7-2-1-3-8-15)14-23-18-11-5-4-9-16(18)17-10-6-12-21-20(17)23/h4-6,9-12,15H,1-3,7-8,13-14H2,(H,22,24). The maximum Gasteiger partial charge on any atom is 0.240 e. The molecule has 1 N–H and O–H groups in total. The highest BCUT2D eigenvalue weighted by atomic mass is 16.1. The van der Waals surface area contributed by atoms with E-state index in [-0.39, 0.29) is 5.91 Å². The van der Waals surface area contributed by atoms with Gasteiger partial charge in [-0.2, -0.15) is 0 Å². The molecule has 0 unspecified atom stereocenters. The first-order valence-corrected chi connectivity index (χ1v) is 8.91. The number of carbonyl (C=O) groups is 1. The highest BCUT2D eigenvalue weighted by molar-refractivity contribution is 6.07. The Morgan fingerprint density at radius 1 is 1.08 bits per heavy atom. The Hall–Kier alpha value is -2.36. The molecule has 1 amide bonds. The molecule has 24 heavy (non-hydrogen) atoms. The zero-order valence-electron chi connectivity index (χ0n) is 13.9. The third kappa shape index (κ3) is 2.88. The summed E-state index contributed by atoms with van der Waals surface area (Å²) in [6.07, 6.45) is 8.23. The van der Waals surface area contributed by atoms with Gasteiger partial charge in [0.1, 0.15) is 12.2 Å². The lowest BCUT2D eigenvalue weighted by Gasteiger charge is -2.21. The Morgan fingerprint density at radius 2 is 1.88 bits per heavy atom. The van der Waals surface area contributed by atoms with E-state index in [0.717, 1.165) is 28.5 Å². The van der Waals surface area contributed by atoms with Crippen molar-refractivity contribution in [1.82, 2.24) is 14.9 Å². The highest BCUT2D eigenvalue weighted by Crippen LogP contribution is 2.27. The predicted molar refractivity (Wildman–Crippen MR) is 96.8 cm³/mol. The summed E-state index contributed by atoms with van der Waals surface area (Å²) in [6.45, 7) is 1.14. The Morgan fingerprint density at radius 3 is 2.75 bits per heavy atom. The summed E-state index contributed by atoms with van der Waals surface area (Å²) in [5.74, 6) is 0.729. The van der Waals surface area contributed by atoms with Crippen LogP contribution in [0.25, 0.3) is 21.9 Å². The lowest BCUT2D eigenvalue weighted by atomic mass is 9.89. The molecule has 2 aromatic heterocycles. The molecule has 1 aliphatic carbocycles. The van der Waals surface area contributed by atoms with E-state index >= 15 is 0 Å². The Kier molecular flexibility index (Phi) is 4.20. The topological polar surface area (TPSA) is 46.9 Å². The summed E-state index contributed by atoms with van der Waals surface area (Å²) in [5, 5.41) is 5.39. The molecule has 1 aliphatic rings. The van der Waals surface area contributed by atoms with Crippen molar-refractivity contribution in [2.24, 2.45) is 5.92 Å². The number of aromatic nitrogens is 2. The van der Waals surface area contributed by atoms with Crippen LogP contribution in [0.3, 0.4) is 0 Å². The number of fused-ring (bicyclic) bond motifs is 3. The molecule has 0 aliphatic heterocycles. The van der Waals surface area contributed by atoms with Crippen molar-refractivity contribution in [2.75, 3.05) is 6.54 Å². The molecule has 0 atom stereocenters. The summed E-state index contributed by atoms with van der Waals surface area (Å²) in [6, 6.07) is 12.2. The van der Waals surface area contributed by atoms with E-state index in [1.54, 1.807) is 6.20 Å². The van der Waals surface area contributed by atoms with Gasteiger partial charge in [0.25, 0.3) is 0 Å². The molecule has 2 heterocycles. The monoisotopic (exact) mass is 321 g/mol. The summed E-state index contributed by atoms with van der Waals surface area (Å²) >= 11 is 0. The molecular formula is C20H23N3O. The van der Waals surface area contributed by atoms with Gasteiger partial charge >= 0.3 is 0 Å². The minimum atomic E-state index is 0.0777. The summed E-state index contributed by atoms with van der Waals surface area (Å²) in [5.41, 5.74) is 1.95. The molecule has 1 saturated carbocycles. The van der Waals surface area contributed by atoms with Crippen LogP contribution in [0.2, 0.25) is 0 Å². The number of carbonyl (C=O) groups excluding carboxylic acids is 1. The quantitative estimate of drug-likeness (QED) is 0.792. The zero-order chi connectivity index (χ0) is 16.4. The fraction of sp³-hybridized carbons (Fsp3) is 0.400. The van der Waals surface area contributed by atoms with Crippen molar-refractivity contribution in [1.29, 1.82) is 0 Å². The fourth-order valence-corrected chi connectivity index (χ4v) is 3.88. The van der Waals surface area contributed by atoms with Crippen LogP contribution in [0, 0.1) is 5.92 Å². The van der Waals surface area contributed by atoms with Crippen LogP contribution in [-0.2, 0) is 11.3 Å². The average molecular weight is 321 g/mol. The second-order valence-electron chi connectivity index (χ2n) is 6.79. The number of hydrogen-bond donors (Lipinski definition) is 1. The molecule has 0 radical (unpaired) electrons. The van der Waals surface area contributed by atoms with Crippen molar-refractivity contribution in [3.8, 4) is 0 Å². The minimum absolute atomic E-state index is 0.0777. The molecule has 0 bridgehead atoms. The molecule has 0 spiro atoms.